The summed E-state index contributed by atoms with van der Waals surface area (Å²) in [5, 5.41) is 21.0. The van der Waals surface area contributed by atoms with Gasteiger partial charge in [-0.15, -0.1) is 0 Å². The van der Waals surface area contributed by atoms with Crippen LogP contribution in [0.15, 0.2) is 0 Å². The van der Waals surface area contributed by atoms with Crippen molar-refractivity contribution < 1.29 is 10.2 Å². The van der Waals surface area contributed by atoms with Gasteiger partial charge in [0.25, 0.3) is 0 Å². The minimum absolute atomic E-state index is 0.0278. The zero-order valence-electron chi connectivity index (χ0n) is 8.30. The van der Waals surface area contributed by atoms with Gasteiger partial charge in [-0.2, -0.15) is 0 Å². The first kappa shape index (κ1) is 11.9. The van der Waals surface area contributed by atoms with Gasteiger partial charge in [0.15, 0.2) is 0 Å². The lowest BCUT2D eigenvalue weighted by Gasteiger charge is -2.27. The number of hydrogen-bond acceptors (Lipinski definition) is 3. The number of aliphatic hydroxyl groups excluding tert-OH is 2. The molecule has 0 bridgehead atoms. The van der Waals surface area contributed by atoms with Gasteiger partial charge in [0.05, 0.1) is 18.8 Å². The van der Waals surface area contributed by atoms with E-state index in [0.29, 0.717) is 5.92 Å². The largest absolute Gasteiger partial charge is 0.394 e. The molecule has 0 aliphatic rings. The van der Waals surface area contributed by atoms with E-state index in [2.05, 4.69) is 19.2 Å². The van der Waals surface area contributed by atoms with Crippen LogP contribution in [0.25, 0.3) is 0 Å². The highest BCUT2D eigenvalue weighted by molar-refractivity contribution is 4.81. The van der Waals surface area contributed by atoms with Crippen LogP contribution < -0.4 is 5.32 Å². The van der Waals surface area contributed by atoms with E-state index in [9.17, 15) is 0 Å². The van der Waals surface area contributed by atoms with Crippen LogP contribution >= 0.6 is 0 Å². The van der Waals surface area contributed by atoms with E-state index in [1.54, 1.807) is 0 Å². The maximum absolute atomic E-state index is 8.95. The van der Waals surface area contributed by atoms with Crippen molar-refractivity contribution in [3.8, 4) is 0 Å². The summed E-state index contributed by atoms with van der Waals surface area (Å²) in [6.45, 7) is 6.87. The number of hydrogen-bond donors (Lipinski definition) is 3. The predicted molar refractivity (Wildman–Crippen MR) is 50.0 cm³/mol. The molecule has 3 N–H and O–H groups in total. The van der Waals surface area contributed by atoms with Crippen LogP contribution in [0.2, 0.25) is 0 Å². The van der Waals surface area contributed by atoms with Crippen LogP contribution in [0.1, 0.15) is 27.2 Å². The van der Waals surface area contributed by atoms with Crippen LogP contribution in [0.4, 0.5) is 0 Å². The summed E-state index contributed by atoms with van der Waals surface area (Å²) in [6, 6.07) is 0. The maximum atomic E-state index is 8.95. The Morgan fingerprint density at radius 2 is 1.83 bits per heavy atom. The fourth-order valence-electron chi connectivity index (χ4n) is 0.727. The minimum Gasteiger partial charge on any atom is -0.394 e. The van der Waals surface area contributed by atoms with E-state index >= 15 is 0 Å². The molecule has 0 aliphatic carbocycles. The Hall–Kier alpha value is -0.120. The van der Waals surface area contributed by atoms with Gasteiger partial charge in [-0.25, -0.2) is 0 Å². The molecule has 0 saturated carbocycles. The normalized spacial score (nSPS) is 14.8. The Bertz CT molecular complexity index is 113. The molecule has 0 fully saturated rings. The summed E-state index contributed by atoms with van der Waals surface area (Å²) in [5.41, 5.74) is -0.524. The second-order valence-electron chi connectivity index (χ2n) is 3.77. The van der Waals surface area contributed by atoms with E-state index in [1.807, 2.05) is 6.92 Å². The smallest absolute Gasteiger partial charge is 0.0633 e. The summed E-state index contributed by atoms with van der Waals surface area (Å²) in [6.07, 6.45) is 1.11. The maximum Gasteiger partial charge on any atom is 0.0633 e. The highest BCUT2D eigenvalue weighted by Crippen LogP contribution is 2.04. The molecule has 0 aromatic rings. The first-order chi connectivity index (χ1) is 5.58. The zero-order valence-corrected chi connectivity index (χ0v) is 8.30. The number of rotatable bonds is 6. The van der Waals surface area contributed by atoms with Gasteiger partial charge < -0.3 is 15.5 Å². The molecule has 0 aliphatic heterocycles. The quantitative estimate of drug-likeness (QED) is 0.546. The third kappa shape index (κ3) is 4.04. The van der Waals surface area contributed by atoms with E-state index in [1.165, 1.54) is 0 Å². The Labute approximate surface area is 74.8 Å². The van der Waals surface area contributed by atoms with Crippen molar-refractivity contribution in [2.75, 3.05) is 19.8 Å². The molecule has 0 aromatic heterocycles. The fraction of sp³-hybridized carbons (Fsp3) is 1.00. The molecule has 0 amide bonds. The second kappa shape index (κ2) is 5.51. The summed E-state index contributed by atoms with van der Waals surface area (Å²) >= 11 is 0. The molecule has 3 heteroatoms. The average Bonchev–Trinajstić information content (AvgIpc) is 2.13. The van der Waals surface area contributed by atoms with Crippen molar-refractivity contribution in [2.45, 2.75) is 32.7 Å². The Balaban J connectivity index is 3.72. The highest BCUT2D eigenvalue weighted by atomic mass is 16.3. The van der Waals surface area contributed by atoms with Crippen molar-refractivity contribution >= 4 is 0 Å². The van der Waals surface area contributed by atoms with Crippen LogP contribution in [-0.2, 0) is 0 Å². The molecular formula is C9H21NO2. The Morgan fingerprint density at radius 3 is 2.17 bits per heavy atom. The minimum atomic E-state index is -0.524. The van der Waals surface area contributed by atoms with Gasteiger partial charge in [0, 0.05) is 0 Å². The summed E-state index contributed by atoms with van der Waals surface area (Å²) in [4.78, 5) is 0. The third-order valence-electron chi connectivity index (χ3n) is 2.27. The molecule has 1 atom stereocenters. The van der Waals surface area contributed by atoms with Gasteiger partial charge >= 0.3 is 0 Å². The van der Waals surface area contributed by atoms with Crippen LogP contribution in [0.5, 0.6) is 0 Å². The zero-order chi connectivity index (χ0) is 9.61. The molecule has 0 heterocycles. The summed E-state index contributed by atoms with van der Waals surface area (Å²) < 4.78 is 0. The lowest BCUT2D eigenvalue weighted by Crippen LogP contribution is -2.50. The van der Waals surface area contributed by atoms with E-state index < -0.39 is 5.54 Å². The standard InChI is InChI=1S/C9H21NO2/c1-4-8(2)5-10-9(3,6-11)7-12/h8,10-12H,4-7H2,1-3H3. The fourth-order valence-corrected chi connectivity index (χ4v) is 0.727. The van der Waals surface area contributed by atoms with Gasteiger partial charge in [-0.1, -0.05) is 20.3 Å². The molecule has 0 rings (SSSR count). The van der Waals surface area contributed by atoms with Crippen LogP contribution in [0, 0.1) is 5.92 Å². The first-order valence-electron chi connectivity index (χ1n) is 4.54. The van der Waals surface area contributed by atoms with Crippen LogP contribution in [-0.4, -0.2) is 35.5 Å². The Kier molecular flexibility index (Phi) is 5.46. The molecular weight excluding hydrogens is 154 g/mol. The second-order valence-corrected chi connectivity index (χ2v) is 3.77. The third-order valence-corrected chi connectivity index (χ3v) is 2.27. The van der Waals surface area contributed by atoms with Gasteiger partial charge in [0.2, 0.25) is 0 Å². The molecule has 74 valence electrons. The van der Waals surface area contributed by atoms with Crippen molar-refractivity contribution in [3.63, 3.8) is 0 Å². The van der Waals surface area contributed by atoms with E-state index in [-0.39, 0.29) is 13.2 Å². The highest BCUT2D eigenvalue weighted by Gasteiger charge is 2.21. The molecule has 3 nitrogen and oxygen atoms in total. The molecule has 12 heavy (non-hydrogen) atoms. The van der Waals surface area contributed by atoms with Crippen molar-refractivity contribution in [3.05, 3.63) is 0 Å². The first-order valence-corrected chi connectivity index (χ1v) is 4.54. The predicted octanol–water partition coefficient (Wildman–Crippen LogP) is 0.365. The van der Waals surface area contributed by atoms with Crippen LogP contribution in [0.3, 0.4) is 0 Å². The van der Waals surface area contributed by atoms with E-state index in [4.69, 9.17) is 10.2 Å². The molecule has 0 saturated heterocycles. The lowest BCUT2D eigenvalue weighted by molar-refractivity contribution is 0.101. The van der Waals surface area contributed by atoms with E-state index in [0.717, 1.165) is 13.0 Å². The van der Waals surface area contributed by atoms with Crippen molar-refractivity contribution in [1.82, 2.24) is 5.32 Å². The Morgan fingerprint density at radius 1 is 1.33 bits per heavy atom. The summed E-state index contributed by atoms with van der Waals surface area (Å²) in [7, 11) is 0. The monoisotopic (exact) mass is 175 g/mol. The topological polar surface area (TPSA) is 52.5 Å². The van der Waals surface area contributed by atoms with Gasteiger partial charge in [0.1, 0.15) is 0 Å². The van der Waals surface area contributed by atoms with Gasteiger partial charge in [-0.05, 0) is 19.4 Å². The van der Waals surface area contributed by atoms with Gasteiger partial charge in [-0.3, -0.25) is 0 Å². The molecule has 1 unspecified atom stereocenters. The molecule has 0 spiro atoms. The lowest BCUT2D eigenvalue weighted by atomic mass is 10.0. The average molecular weight is 175 g/mol. The SMILES string of the molecule is CCC(C)CNC(C)(CO)CO. The summed E-state index contributed by atoms with van der Waals surface area (Å²) in [5.74, 6) is 0.586. The number of nitrogens with one attached hydrogen (secondary N) is 1. The molecule has 0 aromatic carbocycles. The van der Waals surface area contributed by atoms with Crippen molar-refractivity contribution in [1.29, 1.82) is 0 Å². The van der Waals surface area contributed by atoms with Crippen molar-refractivity contribution in [2.24, 2.45) is 5.92 Å². The molecule has 0 radical (unpaired) electrons. The number of aliphatic hydroxyl groups is 2.